The Bertz CT molecular complexity index is 5330. The number of nitrogen functional groups attached to an aromatic ring is 3. The average Bonchev–Trinajstić information content (AvgIpc) is 0.829. The van der Waals surface area contributed by atoms with E-state index in [1.165, 1.54) is 0 Å². The van der Waals surface area contributed by atoms with E-state index in [4.69, 9.17) is 103 Å². The van der Waals surface area contributed by atoms with Crippen molar-refractivity contribution in [3.63, 3.8) is 0 Å². The fraction of sp³-hybridized carbons (Fsp3) is 0. The molecule has 0 aliphatic carbocycles. The van der Waals surface area contributed by atoms with Crippen molar-refractivity contribution in [3.05, 3.63) is 247 Å². The Morgan fingerprint density at radius 1 is 0.308 bits per heavy atom. The molecule has 0 fully saturated rings. The summed E-state index contributed by atoms with van der Waals surface area (Å²) in [5.74, 6) is -6.83. The van der Waals surface area contributed by atoms with Gasteiger partial charge in [0, 0.05) is 35.0 Å². The van der Waals surface area contributed by atoms with Gasteiger partial charge in [0.25, 0.3) is 0 Å². The number of nitrogens with one attached hydrogen (secondary N) is 5. The summed E-state index contributed by atoms with van der Waals surface area (Å²) in [5, 5.41) is 38.4. The zero-order valence-electron chi connectivity index (χ0n) is 61.7. The second-order valence-electron chi connectivity index (χ2n) is 19.8. The predicted molar refractivity (Wildman–Crippen MR) is 829 cm³/mol. The van der Waals surface area contributed by atoms with Crippen molar-refractivity contribution in [1.82, 2.24) is 59.8 Å². The Labute approximate surface area is 1070 Å². The monoisotopic (exact) mass is 5930 g/mol. The maximum absolute atomic E-state index is 13.9. The molecule has 0 aliphatic heterocycles. The number of anilines is 13. The van der Waals surface area contributed by atoms with E-state index in [-0.39, 0.29) is 183 Å². The molecule has 11 rings (SSSR count). The van der Waals surface area contributed by atoms with Crippen LogP contribution >= 0.6 is 590 Å². The summed E-state index contributed by atoms with van der Waals surface area (Å²) in [7, 11) is -4.17. The number of nitrogens with two attached hydrogens (primary N) is 3. The molecule has 0 atom stereocenters. The summed E-state index contributed by atoms with van der Waals surface area (Å²) in [5.41, 5.74) is 17.8. The van der Waals surface area contributed by atoms with Crippen LogP contribution in [0.4, 0.5) is 111 Å². The summed E-state index contributed by atoms with van der Waals surface area (Å²) < 4.78 is 109. The fourth-order valence-corrected chi connectivity index (χ4v) is 3150. The van der Waals surface area contributed by atoms with Crippen molar-refractivity contribution < 1.29 is 48.4 Å². The van der Waals surface area contributed by atoms with E-state index in [1.807, 2.05) is 18.2 Å². The van der Waals surface area contributed by atoms with E-state index in [0.717, 1.165) is 48.5 Å². The molecule has 0 saturated carbocycles. The number of benzene rings is 7. The van der Waals surface area contributed by atoms with Gasteiger partial charge in [0.15, 0.2) is 34.9 Å². The third-order valence-corrected chi connectivity index (χ3v) is 1750. The van der Waals surface area contributed by atoms with Crippen LogP contribution in [-0.2, 0) is 0 Å². The van der Waals surface area contributed by atoms with Gasteiger partial charge in [-0.1, -0.05) is 63.7 Å². The smallest absolute Gasteiger partial charge is 0.233 e. The number of halogens is 51. The molecule has 133 heavy (non-hydrogen) atoms. The molecule has 0 saturated heterocycles. The molecule has 0 bridgehead atoms. The van der Waals surface area contributed by atoms with Crippen LogP contribution in [0.15, 0.2) is 152 Å². The molecule has 0 spiro atoms. The van der Waals surface area contributed by atoms with E-state index in [1.54, 1.807) is 72.8 Å². The van der Waals surface area contributed by atoms with Crippen molar-refractivity contribution in [2.24, 2.45) is 0 Å². The Kier molecular flexibility index (Phi) is 86.5. The third-order valence-electron chi connectivity index (χ3n) is 11.6. The van der Waals surface area contributed by atoms with Crippen molar-refractivity contribution in [1.29, 1.82) is 15.8 Å². The first-order valence-corrected chi connectivity index (χ1v) is 224. The van der Waals surface area contributed by atoms with Crippen LogP contribution in [0.2, 0.25) is 31.7 Å². The van der Waals surface area contributed by atoms with Gasteiger partial charge in [-0.15, -0.1) is 13.2 Å². The molecule has 0 aliphatic rings. The third kappa shape index (κ3) is 60.6. The van der Waals surface area contributed by atoms with Crippen LogP contribution in [0.3, 0.4) is 0 Å². The van der Waals surface area contributed by atoms with E-state index in [0.29, 0.717) is 51.5 Å². The first-order chi connectivity index (χ1) is 62.3. The van der Waals surface area contributed by atoms with E-state index in [9.17, 15) is 35.1 Å². The summed E-state index contributed by atoms with van der Waals surface area (Å²) in [6.07, 6.45) is 0. The summed E-state index contributed by atoms with van der Waals surface area (Å²) in [6.45, 7) is 6.00. The molecule has 7 aromatic carbocycles. The van der Waals surface area contributed by atoms with Gasteiger partial charge in [0.1, 0.15) is 34.4 Å². The van der Waals surface area contributed by atoms with Gasteiger partial charge in [-0.3, -0.25) is 0 Å². The summed E-state index contributed by atoms with van der Waals surface area (Å²) in [4.78, 5) is 44.7. The molecule has 744 valence electrons. The van der Waals surface area contributed by atoms with Crippen molar-refractivity contribution in [3.8, 4) is 18.2 Å². The zero-order chi connectivity index (χ0) is 101. The Hall–Kier alpha value is 14.4. The molecule has 4 heterocycles. The predicted octanol–water partition coefficient (Wildman–Crippen LogP) is 44.2. The average molecular weight is 5940 g/mol. The van der Waals surface area contributed by atoms with Crippen LogP contribution < -0.4 is 57.0 Å². The largest absolute Gasteiger partial charge is 0.399 e. The molecule has 11 aromatic rings. The second-order valence-corrected chi connectivity index (χ2v) is 675. The Balaban J connectivity index is 0.000000522. The van der Waals surface area contributed by atoms with Crippen molar-refractivity contribution >= 4 is 665 Å². The molecule has 23 nitrogen and oxygen atoms in total. The molecular weight excluding hydrogens is 5900 g/mol. The topological polar surface area (TPSA) is 364 Å². The molecule has 0 amide bonds. The standard InChI is InChI=1S/C16H8BrClF2N6.C16H10BrF2N7.C9H3BrCl2F2N4.C7H6N2.C6H4BrF2N.C3Cl3N3.C2H4.I12.I11.I10/c17-9-5-11(19)13(12(20)6-9)23-16-25-14(18)24-15(26-16)22-10-3-1-8(7-21)2-4-10;17-9-5-11(18)13(12(19)6-9)23-16-25-14(21)24-15(26-16)22-10-3-1-8(7-20)2-4-10;10-3-1-4(13)6(5(14)2-3)15-9-17-7(11)16-8(12)18-9;8-5-6-1-3-7(9)4-2-6;7-3-1-4(8)6(10)5(9)2-3;4-1-7-2(5)9-3(6)8-1;1-2;1-8(2)10(5)12(7)11(6)9(3)4;1-7-9(4)11(6)10(5)8(2)3;1-7(2)9(5)10(6)8(3)4/h1-6H,(H2,22,23,24,25,26);1-6H,(H4,21,22,23,24,25,26);1-2H,(H,15,16,17,18);1-4H,9H2;1-2H,10H2;;1-2H2;;;/q;;;;;;;;-1;. The molecule has 0 radical (unpaired) electrons. The summed E-state index contributed by atoms with van der Waals surface area (Å²) >= 11 is 99.5. The number of aromatic nitrogens is 12. The SMILES string of the molecule is C=C.Clc1nc(Cl)nc(Cl)n1.Fc1cc(Br)cc(F)c1Nc1nc(Cl)nc(Cl)n1.II(I)I(I)I(I)I(I)I.II(I)I(I)I(I)I(I)I(I)I.I[I-]I(I)I(I)I(I)I(I)I.N#Cc1ccc(N)cc1.N#Cc1ccc(Nc2nc(Cl)nc(Nc3c(F)cc(Br)cc3F)n2)cc1.N#Cc1ccc(Nc2nc(N)nc(Nc3c(F)cc(Br)cc3F)n2)cc1.Nc1c(F)cc(Br)cc1F. The maximum atomic E-state index is 13.9. The minimum atomic E-state index is -0.824. The molecule has 4 aromatic heterocycles. The zero-order valence-corrected chi connectivity index (χ0v) is 144. The minimum absolute atomic E-state index is 0.000000000000000444. The van der Waals surface area contributed by atoms with Crippen LogP contribution in [0.1, 0.15) is 16.7 Å². The van der Waals surface area contributed by atoms with E-state index < -0.39 is 69.3 Å². The van der Waals surface area contributed by atoms with Crippen molar-refractivity contribution in [2.45, 2.75) is 0 Å². The van der Waals surface area contributed by atoms with Gasteiger partial charge in [-0.2, -0.15) is 75.6 Å². The first-order valence-electron chi connectivity index (χ1n) is 30.4. The number of hydrogen-bond acceptors (Lipinski definition) is 23. The van der Waals surface area contributed by atoms with Gasteiger partial charge in [0.05, 0.1) is 34.9 Å². The van der Waals surface area contributed by atoms with Crippen LogP contribution in [0.5, 0.6) is 0 Å². The Morgan fingerprint density at radius 3 is 0.782 bits per heavy atom. The Morgan fingerprint density at radius 2 is 0.519 bits per heavy atom. The van der Waals surface area contributed by atoms with Gasteiger partial charge < -0.3 is 43.8 Å². The number of nitrogens with zero attached hydrogens (tertiary/aromatic N) is 15. The van der Waals surface area contributed by atoms with Crippen molar-refractivity contribution in [2.75, 3.05) is 43.8 Å². The summed E-state index contributed by atoms with van der Waals surface area (Å²) in [6, 6.07) is 34.7. The number of hydrogen-bond donors (Lipinski definition) is 8. The molecular formula is C59H35Br4Cl6F8I33N23-. The van der Waals surface area contributed by atoms with Gasteiger partial charge in [-0.05, 0) is 191 Å². The minimum Gasteiger partial charge on any atom is -0.399 e. The van der Waals surface area contributed by atoms with Crippen LogP contribution in [0.25, 0.3) is 0 Å². The van der Waals surface area contributed by atoms with E-state index in [2.05, 4.69) is 517 Å². The van der Waals surface area contributed by atoms with Gasteiger partial charge >= 0.3 is 470 Å². The number of rotatable bonds is 21. The van der Waals surface area contributed by atoms with Gasteiger partial charge in [-0.25, -0.2) is 35.1 Å². The normalized spacial score (nSPS) is 11.5. The van der Waals surface area contributed by atoms with E-state index >= 15 is 0 Å². The maximum Gasteiger partial charge on any atom is 0.233 e. The van der Waals surface area contributed by atoms with Gasteiger partial charge in [0.2, 0.25) is 67.4 Å². The first kappa shape index (κ1) is 143. The van der Waals surface area contributed by atoms with Crippen LogP contribution in [-0.4, -0.2) is 59.8 Å². The second kappa shape index (κ2) is 80.2. The fourth-order valence-electron chi connectivity index (χ4n) is 6.83. The quantitative estimate of drug-likeness (QED) is 0.0143. The molecule has 11 N–H and O–H groups in total. The number of nitriles is 3. The van der Waals surface area contributed by atoms with Crippen LogP contribution in [0, 0.1) is 80.5 Å². The molecule has 74 heteroatoms. The molecule has 0 unspecified atom stereocenters.